The van der Waals surface area contributed by atoms with Crippen molar-refractivity contribution in [1.29, 1.82) is 0 Å². The van der Waals surface area contributed by atoms with Gasteiger partial charge in [-0.1, -0.05) is 18.2 Å². The van der Waals surface area contributed by atoms with Gasteiger partial charge in [-0.15, -0.1) is 0 Å². The fourth-order valence-corrected chi connectivity index (χ4v) is 3.54. The average Bonchev–Trinajstić information content (AvgIpc) is 3.21. The van der Waals surface area contributed by atoms with Crippen LogP contribution in [0.4, 0.5) is 5.69 Å². The number of nitrogens with zero attached hydrogens (tertiary/aromatic N) is 1. The Hall–Kier alpha value is -1.60. The van der Waals surface area contributed by atoms with Crippen molar-refractivity contribution in [2.75, 3.05) is 18.6 Å². The summed E-state index contributed by atoms with van der Waals surface area (Å²) >= 11 is 0. The van der Waals surface area contributed by atoms with Crippen molar-refractivity contribution in [2.45, 2.75) is 25.4 Å². The molecule has 2 N–H and O–H groups in total. The van der Waals surface area contributed by atoms with Gasteiger partial charge in [-0.05, 0) is 24.5 Å². The minimum Gasteiger partial charge on any atom is -0.468 e. The number of methoxy groups -OCH3 is 1. The van der Waals surface area contributed by atoms with E-state index in [0.717, 1.165) is 18.4 Å². The van der Waals surface area contributed by atoms with E-state index in [1.807, 2.05) is 6.07 Å². The molecule has 20 heavy (non-hydrogen) atoms. The molecule has 0 spiro atoms. The zero-order valence-corrected chi connectivity index (χ0v) is 12.1. The minimum atomic E-state index is -3.68. The standard InChI is InChI=1S/C13H18N2O4S/c1-19-13(16)9-20(17,18)15(11-6-7-11)8-10-4-2-3-5-12(10)14/h2-5,11H,6-9,14H2,1H3. The molecule has 0 amide bonds. The molecule has 0 atom stereocenters. The first-order valence-corrected chi connectivity index (χ1v) is 7.94. The van der Waals surface area contributed by atoms with E-state index in [0.29, 0.717) is 5.69 Å². The molecular weight excluding hydrogens is 280 g/mol. The third kappa shape index (κ3) is 3.49. The lowest BCUT2D eigenvalue weighted by molar-refractivity contribution is -0.137. The first-order chi connectivity index (χ1) is 9.44. The number of nitrogen functional groups attached to an aromatic ring is 1. The molecule has 1 aliphatic carbocycles. The van der Waals surface area contributed by atoms with Gasteiger partial charge in [0.2, 0.25) is 10.0 Å². The van der Waals surface area contributed by atoms with Crippen molar-refractivity contribution in [3.8, 4) is 0 Å². The molecule has 1 fully saturated rings. The predicted octanol–water partition coefficient (Wildman–Crippen LogP) is 0.736. The van der Waals surface area contributed by atoms with E-state index in [9.17, 15) is 13.2 Å². The monoisotopic (exact) mass is 298 g/mol. The second-order valence-corrected chi connectivity index (χ2v) is 6.73. The smallest absolute Gasteiger partial charge is 0.322 e. The highest BCUT2D eigenvalue weighted by atomic mass is 32.2. The first-order valence-electron chi connectivity index (χ1n) is 6.34. The molecule has 1 aromatic carbocycles. The minimum absolute atomic E-state index is 0.0377. The van der Waals surface area contributed by atoms with Crippen LogP contribution in [0.5, 0.6) is 0 Å². The number of para-hydroxylation sites is 1. The van der Waals surface area contributed by atoms with Crippen molar-refractivity contribution in [3.05, 3.63) is 29.8 Å². The maximum absolute atomic E-state index is 12.3. The fourth-order valence-electron chi connectivity index (χ4n) is 1.95. The predicted molar refractivity (Wildman–Crippen MR) is 75.2 cm³/mol. The second-order valence-electron chi connectivity index (χ2n) is 4.81. The topological polar surface area (TPSA) is 89.7 Å². The molecule has 7 heteroatoms. The van der Waals surface area contributed by atoms with Crippen molar-refractivity contribution in [1.82, 2.24) is 4.31 Å². The van der Waals surface area contributed by atoms with Gasteiger partial charge in [0.15, 0.2) is 5.75 Å². The summed E-state index contributed by atoms with van der Waals surface area (Å²) in [6.07, 6.45) is 1.63. The molecule has 0 bridgehead atoms. The van der Waals surface area contributed by atoms with Gasteiger partial charge in [0.05, 0.1) is 7.11 Å². The number of benzene rings is 1. The summed E-state index contributed by atoms with van der Waals surface area (Å²) in [5.74, 6) is -1.39. The summed E-state index contributed by atoms with van der Waals surface area (Å²) in [4.78, 5) is 11.2. The lowest BCUT2D eigenvalue weighted by Crippen LogP contribution is -2.37. The van der Waals surface area contributed by atoms with Crippen LogP contribution in [0.1, 0.15) is 18.4 Å². The fraction of sp³-hybridized carbons (Fsp3) is 0.462. The van der Waals surface area contributed by atoms with Crippen molar-refractivity contribution in [3.63, 3.8) is 0 Å². The molecule has 0 unspecified atom stereocenters. The van der Waals surface area contributed by atoms with E-state index < -0.39 is 21.7 Å². The Morgan fingerprint density at radius 2 is 2.05 bits per heavy atom. The Kier molecular flexibility index (Phi) is 4.29. The summed E-state index contributed by atoms with van der Waals surface area (Å²) in [6, 6.07) is 7.09. The zero-order chi connectivity index (χ0) is 14.8. The van der Waals surface area contributed by atoms with Crippen LogP contribution < -0.4 is 5.73 Å². The Morgan fingerprint density at radius 1 is 1.40 bits per heavy atom. The molecule has 0 aliphatic heterocycles. The lowest BCUT2D eigenvalue weighted by atomic mass is 10.2. The molecule has 2 rings (SSSR count). The van der Waals surface area contributed by atoms with Crippen LogP contribution >= 0.6 is 0 Å². The highest BCUT2D eigenvalue weighted by Crippen LogP contribution is 2.31. The van der Waals surface area contributed by atoms with Crippen LogP contribution in [-0.2, 0) is 26.1 Å². The van der Waals surface area contributed by atoms with Crippen molar-refractivity contribution < 1.29 is 17.9 Å². The van der Waals surface area contributed by atoms with E-state index in [1.165, 1.54) is 11.4 Å². The van der Waals surface area contributed by atoms with Gasteiger partial charge in [0.1, 0.15) is 0 Å². The van der Waals surface area contributed by atoms with Gasteiger partial charge in [0.25, 0.3) is 0 Å². The van der Waals surface area contributed by atoms with Crippen LogP contribution in [0.15, 0.2) is 24.3 Å². The van der Waals surface area contributed by atoms with Crippen LogP contribution in [0.2, 0.25) is 0 Å². The first kappa shape index (κ1) is 14.8. The van der Waals surface area contributed by atoms with Crippen LogP contribution in [0.3, 0.4) is 0 Å². The Balaban J connectivity index is 2.20. The summed E-state index contributed by atoms with van der Waals surface area (Å²) < 4.78 is 30.4. The number of rotatable bonds is 6. The van der Waals surface area contributed by atoms with E-state index in [1.54, 1.807) is 18.2 Å². The molecule has 0 saturated heterocycles. The van der Waals surface area contributed by atoms with E-state index in [2.05, 4.69) is 4.74 Å². The Labute approximate surface area is 118 Å². The molecular formula is C13H18N2O4S. The quantitative estimate of drug-likeness (QED) is 0.618. The molecule has 0 radical (unpaired) electrons. The second kappa shape index (κ2) is 5.80. The lowest BCUT2D eigenvalue weighted by Gasteiger charge is -2.22. The summed E-state index contributed by atoms with van der Waals surface area (Å²) in [5.41, 5.74) is 7.14. The number of carbonyl (C=O) groups is 1. The number of hydrogen-bond acceptors (Lipinski definition) is 5. The summed E-state index contributed by atoms with van der Waals surface area (Å²) in [5, 5.41) is 0. The number of hydrogen-bond donors (Lipinski definition) is 1. The molecule has 1 saturated carbocycles. The van der Waals surface area contributed by atoms with Gasteiger partial charge in [-0.25, -0.2) is 8.42 Å². The Bertz CT molecular complexity index is 596. The van der Waals surface area contributed by atoms with Crippen molar-refractivity contribution in [2.24, 2.45) is 0 Å². The van der Waals surface area contributed by atoms with Gasteiger partial charge in [-0.2, -0.15) is 4.31 Å². The number of sulfonamides is 1. The van der Waals surface area contributed by atoms with E-state index in [-0.39, 0.29) is 12.6 Å². The summed E-state index contributed by atoms with van der Waals surface area (Å²) in [7, 11) is -2.51. The van der Waals surface area contributed by atoms with E-state index in [4.69, 9.17) is 5.73 Å². The number of nitrogens with two attached hydrogens (primary N) is 1. The number of carbonyl (C=O) groups excluding carboxylic acids is 1. The third-order valence-corrected chi connectivity index (χ3v) is 4.96. The molecule has 6 nitrogen and oxygen atoms in total. The van der Waals surface area contributed by atoms with Crippen molar-refractivity contribution >= 4 is 21.7 Å². The summed E-state index contributed by atoms with van der Waals surface area (Å²) in [6.45, 7) is 0.191. The van der Waals surface area contributed by atoms with Crippen LogP contribution in [0, 0.1) is 0 Å². The SMILES string of the molecule is COC(=O)CS(=O)(=O)N(Cc1ccccc1N)C1CC1. The highest BCUT2D eigenvalue weighted by molar-refractivity contribution is 7.89. The molecule has 110 valence electrons. The molecule has 0 aromatic heterocycles. The number of esters is 1. The van der Waals surface area contributed by atoms with Gasteiger partial charge in [0, 0.05) is 18.3 Å². The van der Waals surface area contributed by atoms with Gasteiger partial charge < -0.3 is 10.5 Å². The molecule has 0 heterocycles. The zero-order valence-electron chi connectivity index (χ0n) is 11.3. The third-order valence-electron chi connectivity index (χ3n) is 3.22. The van der Waals surface area contributed by atoms with Crippen LogP contribution in [-0.4, -0.2) is 37.6 Å². The average molecular weight is 298 g/mol. The Morgan fingerprint density at radius 3 is 2.60 bits per heavy atom. The van der Waals surface area contributed by atoms with E-state index >= 15 is 0 Å². The molecule has 1 aliphatic rings. The largest absolute Gasteiger partial charge is 0.468 e. The van der Waals surface area contributed by atoms with Crippen LogP contribution in [0.25, 0.3) is 0 Å². The maximum atomic E-state index is 12.3. The molecule has 1 aromatic rings. The number of ether oxygens (including phenoxy) is 1. The highest BCUT2D eigenvalue weighted by Gasteiger charge is 2.38. The normalized spacial score (nSPS) is 15.3. The maximum Gasteiger partial charge on any atom is 0.322 e. The van der Waals surface area contributed by atoms with Gasteiger partial charge >= 0.3 is 5.97 Å². The van der Waals surface area contributed by atoms with Gasteiger partial charge in [-0.3, -0.25) is 4.79 Å². The number of anilines is 1.